The van der Waals surface area contributed by atoms with Gasteiger partial charge < -0.3 is 15.4 Å². The van der Waals surface area contributed by atoms with E-state index in [0.29, 0.717) is 12.2 Å². The number of rotatable bonds is 6. The standard InChI is InChI=1S/C24H27N5O2/c1-28(2)24-19(8-5-11-26-24)15-29-12-13-31-22(16-29)21-10-4-9-20(27-21)17-6-3-7-18(14-17)23(25)30/h3-11,14,22H,12-13,15-16H2,1-2H3,(H2,25,30)/t22-/m0/s1. The van der Waals surface area contributed by atoms with Crippen LogP contribution in [0.2, 0.25) is 0 Å². The third kappa shape index (κ3) is 4.90. The van der Waals surface area contributed by atoms with Crippen molar-refractivity contribution in [3.8, 4) is 11.3 Å². The maximum Gasteiger partial charge on any atom is 0.248 e. The summed E-state index contributed by atoms with van der Waals surface area (Å²) in [5, 5.41) is 0. The highest BCUT2D eigenvalue weighted by molar-refractivity contribution is 5.94. The third-order valence-corrected chi connectivity index (χ3v) is 5.38. The zero-order valence-corrected chi connectivity index (χ0v) is 17.9. The minimum absolute atomic E-state index is 0.118. The van der Waals surface area contributed by atoms with Crippen LogP contribution in [0, 0.1) is 0 Å². The molecule has 0 spiro atoms. The highest BCUT2D eigenvalue weighted by Crippen LogP contribution is 2.26. The SMILES string of the molecule is CN(C)c1ncccc1CN1CCO[C@H](c2cccc(-c3cccc(C(N)=O)c3)n2)C1. The van der Waals surface area contributed by atoms with Crippen LogP contribution in [0.1, 0.15) is 27.7 Å². The van der Waals surface area contributed by atoms with Gasteiger partial charge in [0, 0.05) is 56.6 Å². The first-order valence-corrected chi connectivity index (χ1v) is 10.3. The fraction of sp³-hybridized carbons (Fsp3) is 0.292. The zero-order valence-electron chi connectivity index (χ0n) is 17.9. The van der Waals surface area contributed by atoms with Gasteiger partial charge in [-0.15, -0.1) is 0 Å². The molecule has 0 radical (unpaired) electrons. The monoisotopic (exact) mass is 417 g/mol. The van der Waals surface area contributed by atoms with Crippen molar-refractivity contribution in [3.63, 3.8) is 0 Å². The van der Waals surface area contributed by atoms with Crippen molar-refractivity contribution < 1.29 is 9.53 Å². The van der Waals surface area contributed by atoms with Gasteiger partial charge in [0.15, 0.2) is 0 Å². The van der Waals surface area contributed by atoms with Crippen molar-refractivity contribution in [3.05, 3.63) is 77.6 Å². The minimum Gasteiger partial charge on any atom is -0.369 e. The molecule has 1 aromatic carbocycles. The predicted molar refractivity (Wildman–Crippen MR) is 121 cm³/mol. The molecule has 1 saturated heterocycles. The van der Waals surface area contributed by atoms with Crippen LogP contribution in [0.25, 0.3) is 11.3 Å². The number of carbonyl (C=O) groups excluding carboxylic acids is 1. The summed E-state index contributed by atoms with van der Waals surface area (Å²) < 4.78 is 6.06. The Morgan fingerprint density at radius 3 is 2.84 bits per heavy atom. The number of ether oxygens (including phenoxy) is 1. The van der Waals surface area contributed by atoms with Crippen LogP contribution in [0.15, 0.2) is 60.8 Å². The summed E-state index contributed by atoms with van der Waals surface area (Å²) in [6.45, 7) is 3.06. The largest absolute Gasteiger partial charge is 0.369 e. The Bertz CT molecular complexity index is 1070. The Labute approximate surface area is 182 Å². The van der Waals surface area contributed by atoms with Gasteiger partial charge in [-0.3, -0.25) is 14.7 Å². The number of pyridine rings is 2. The summed E-state index contributed by atoms with van der Waals surface area (Å²) in [7, 11) is 4.02. The van der Waals surface area contributed by atoms with Crippen LogP contribution in [0.3, 0.4) is 0 Å². The van der Waals surface area contributed by atoms with Crippen molar-refractivity contribution in [2.45, 2.75) is 12.6 Å². The Morgan fingerprint density at radius 2 is 2.03 bits per heavy atom. The van der Waals surface area contributed by atoms with E-state index in [1.54, 1.807) is 12.1 Å². The molecular formula is C24H27N5O2. The lowest BCUT2D eigenvalue weighted by atomic mass is 10.1. The van der Waals surface area contributed by atoms with E-state index in [1.807, 2.05) is 61.6 Å². The van der Waals surface area contributed by atoms with Gasteiger partial charge in [-0.05, 0) is 30.3 Å². The number of hydrogen-bond acceptors (Lipinski definition) is 6. The van der Waals surface area contributed by atoms with E-state index in [4.69, 9.17) is 15.5 Å². The van der Waals surface area contributed by atoms with Gasteiger partial charge in [-0.25, -0.2) is 4.98 Å². The maximum atomic E-state index is 11.5. The van der Waals surface area contributed by atoms with Crippen LogP contribution in [0.5, 0.6) is 0 Å². The molecule has 4 rings (SSSR count). The molecule has 2 N–H and O–H groups in total. The second-order valence-electron chi connectivity index (χ2n) is 7.87. The molecule has 3 aromatic rings. The van der Waals surface area contributed by atoms with Gasteiger partial charge in [0.2, 0.25) is 5.91 Å². The van der Waals surface area contributed by atoms with Gasteiger partial charge in [-0.2, -0.15) is 0 Å². The number of anilines is 1. The van der Waals surface area contributed by atoms with Crippen LogP contribution in [-0.2, 0) is 11.3 Å². The van der Waals surface area contributed by atoms with E-state index in [1.165, 1.54) is 5.56 Å². The molecule has 2 aromatic heterocycles. The highest BCUT2D eigenvalue weighted by Gasteiger charge is 2.24. The lowest BCUT2D eigenvalue weighted by Gasteiger charge is -2.33. The average Bonchev–Trinajstić information content (AvgIpc) is 2.79. The fourth-order valence-corrected chi connectivity index (χ4v) is 3.85. The van der Waals surface area contributed by atoms with Gasteiger partial charge in [0.05, 0.1) is 18.0 Å². The second-order valence-corrected chi connectivity index (χ2v) is 7.87. The quantitative estimate of drug-likeness (QED) is 0.664. The molecule has 1 aliphatic rings. The van der Waals surface area contributed by atoms with Crippen molar-refractivity contribution in [1.29, 1.82) is 0 Å². The number of benzene rings is 1. The molecule has 1 amide bonds. The first-order valence-electron chi connectivity index (χ1n) is 10.3. The van der Waals surface area contributed by atoms with E-state index >= 15 is 0 Å². The van der Waals surface area contributed by atoms with Crippen LogP contribution >= 0.6 is 0 Å². The molecule has 7 nitrogen and oxygen atoms in total. The Kier molecular flexibility index (Phi) is 6.25. The summed E-state index contributed by atoms with van der Waals surface area (Å²) in [4.78, 5) is 25.3. The number of amides is 1. The molecule has 0 unspecified atom stereocenters. The van der Waals surface area contributed by atoms with E-state index in [2.05, 4.69) is 16.0 Å². The number of nitrogens with zero attached hydrogens (tertiary/aromatic N) is 4. The number of hydrogen-bond donors (Lipinski definition) is 1. The molecular weight excluding hydrogens is 390 g/mol. The third-order valence-electron chi connectivity index (χ3n) is 5.38. The number of aromatic nitrogens is 2. The molecule has 0 aliphatic carbocycles. The van der Waals surface area contributed by atoms with Crippen molar-refractivity contribution in [2.24, 2.45) is 5.73 Å². The molecule has 3 heterocycles. The summed E-state index contributed by atoms with van der Waals surface area (Å²) in [6, 6.07) is 17.2. The molecule has 7 heteroatoms. The van der Waals surface area contributed by atoms with E-state index in [0.717, 1.165) is 42.4 Å². The first kappa shape index (κ1) is 21.0. The summed E-state index contributed by atoms with van der Waals surface area (Å²) in [5.74, 6) is 0.539. The summed E-state index contributed by atoms with van der Waals surface area (Å²) in [6.07, 6.45) is 1.70. The molecule has 0 saturated carbocycles. The van der Waals surface area contributed by atoms with Crippen LogP contribution in [0.4, 0.5) is 5.82 Å². The topological polar surface area (TPSA) is 84.6 Å². The number of primary amides is 1. The summed E-state index contributed by atoms with van der Waals surface area (Å²) in [5.41, 5.74) is 9.62. The normalized spacial score (nSPS) is 16.8. The molecule has 1 fully saturated rings. The minimum atomic E-state index is -0.447. The van der Waals surface area contributed by atoms with Gasteiger partial charge in [0.25, 0.3) is 0 Å². The van der Waals surface area contributed by atoms with Crippen LogP contribution < -0.4 is 10.6 Å². The lowest BCUT2D eigenvalue weighted by molar-refractivity contribution is -0.0349. The first-order chi connectivity index (χ1) is 15.0. The highest BCUT2D eigenvalue weighted by atomic mass is 16.5. The van der Waals surface area contributed by atoms with Crippen molar-refractivity contribution in [2.75, 3.05) is 38.7 Å². The Balaban J connectivity index is 1.52. The van der Waals surface area contributed by atoms with Gasteiger partial charge in [-0.1, -0.05) is 24.3 Å². The second kappa shape index (κ2) is 9.24. The number of carbonyl (C=O) groups is 1. The van der Waals surface area contributed by atoms with E-state index in [9.17, 15) is 4.79 Å². The van der Waals surface area contributed by atoms with Crippen molar-refractivity contribution in [1.82, 2.24) is 14.9 Å². The van der Waals surface area contributed by atoms with Crippen LogP contribution in [-0.4, -0.2) is 54.6 Å². The Hall–Kier alpha value is -3.29. The fourth-order valence-electron chi connectivity index (χ4n) is 3.85. The molecule has 1 atom stereocenters. The van der Waals surface area contributed by atoms with Crippen molar-refractivity contribution >= 4 is 11.7 Å². The lowest BCUT2D eigenvalue weighted by Crippen LogP contribution is -2.38. The smallest absolute Gasteiger partial charge is 0.248 e. The number of morpholine rings is 1. The Morgan fingerprint density at radius 1 is 1.19 bits per heavy atom. The maximum absolute atomic E-state index is 11.5. The molecule has 31 heavy (non-hydrogen) atoms. The van der Waals surface area contributed by atoms with Gasteiger partial charge >= 0.3 is 0 Å². The average molecular weight is 418 g/mol. The molecule has 160 valence electrons. The molecule has 0 bridgehead atoms. The summed E-state index contributed by atoms with van der Waals surface area (Å²) >= 11 is 0. The number of nitrogens with two attached hydrogens (primary N) is 1. The predicted octanol–water partition coefficient (Wildman–Crippen LogP) is 2.88. The van der Waals surface area contributed by atoms with E-state index < -0.39 is 5.91 Å². The van der Waals surface area contributed by atoms with Gasteiger partial charge in [0.1, 0.15) is 11.9 Å². The molecule has 1 aliphatic heterocycles. The van der Waals surface area contributed by atoms with E-state index in [-0.39, 0.29) is 6.10 Å². The zero-order chi connectivity index (χ0) is 21.8.